The van der Waals surface area contributed by atoms with Crippen LogP contribution in [0.15, 0.2) is 200 Å². The van der Waals surface area contributed by atoms with Gasteiger partial charge in [-0.2, -0.15) is 0 Å². The van der Waals surface area contributed by atoms with E-state index in [0.717, 1.165) is 17.1 Å². The lowest BCUT2D eigenvalue weighted by Crippen LogP contribution is -1.96. The summed E-state index contributed by atoms with van der Waals surface area (Å²) in [5.41, 5.74) is 13.1. The third-order valence-corrected chi connectivity index (χ3v) is 11.6. The predicted molar refractivity (Wildman–Crippen MR) is 232 cm³/mol. The van der Waals surface area contributed by atoms with E-state index in [4.69, 9.17) is 0 Å². The zero-order valence-electron chi connectivity index (χ0n) is 29.9. The number of hydrogen-bond donors (Lipinski definition) is 0. The molecule has 0 aliphatic carbocycles. The van der Waals surface area contributed by atoms with E-state index in [1.807, 2.05) is 0 Å². The molecular weight excluding hydrogens is 667 g/mol. The molecule has 0 unspecified atom stereocenters. The Morgan fingerprint density at radius 2 is 0.673 bits per heavy atom. The van der Waals surface area contributed by atoms with Crippen molar-refractivity contribution in [2.45, 2.75) is 0 Å². The Morgan fingerprint density at radius 1 is 0.218 bits per heavy atom. The molecule has 0 N–H and O–H groups in total. The van der Waals surface area contributed by atoms with Crippen molar-refractivity contribution in [3.05, 3.63) is 200 Å². The first-order valence-electron chi connectivity index (χ1n) is 18.9. The molecule has 3 aromatic heterocycles. The van der Waals surface area contributed by atoms with Gasteiger partial charge in [0.2, 0.25) is 0 Å². The average Bonchev–Trinajstić information content (AvgIpc) is 3.87. The predicted octanol–water partition coefficient (Wildman–Crippen LogP) is 13.8. The molecule has 0 amide bonds. The standard InChI is InChI=1S/C52H33N3/c1-3-17-38(18-4-1)53-47-24-11-9-22-41(47)43-27-26-37(31-49(43)53)34-16-13-21-40(28-34)55-48-25-12-10-23-42(48)45-32-46-44-29-35-14-7-8-15-36(35)30-50(44)54(52(46)33-51(45)55)39-19-5-2-6-20-39/h1-33H. The van der Waals surface area contributed by atoms with E-state index >= 15 is 0 Å². The van der Waals surface area contributed by atoms with Crippen LogP contribution in [-0.4, -0.2) is 13.7 Å². The van der Waals surface area contributed by atoms with E-state index in [-0.39, 0.29) is 0 Å². The summed E-state index contributed by atoms with van der Waals surface area (Å²) in [6, 6.07) is 73.3. The molecule has 0 saturated heterocycles. The Labute approximate surface area is 317 Å². The van der Waals surface area contributed by atoms with Gasteiger partial charge in [-0.25, -0.2) is 0 Å². The van der Waals surface area contributed by atoms with Crippen LogP contribution >= 0.6 is 0 Å². The lowest BCUT2D eigenvalue weighted by atomic mass is 10.0. The topological polar surface area (TPSA) is 14.8 Å². The molecule has 0 spiro atoms. The normalized spacial score (nSPS) is 12.0. The maximum absolute atomic E-state index is 2.45. The minimum absolute atomic E-state index is 1.14. The van der Waals surface area contributed by atoms with E-state index in [1.54, 1.807) is 0 Å². The van der Waals surface area contributed by atoms with Crippen molar-refractivity contribution in [2.75, 3.05) is 0 Å². The molecular formula is C52H33N3. The fraction of sp³-hybridized carbons (Fsp3) is 0. The van der Waals surface area contributed by atoms with E-state index in [0.29, 0.717) is 0 Å². The van der Waals surface area contributed by atoms with Gasteiger partial charge in [0, 0.05) is 49.4 Å². The van der Waals surface area contributed by atoms with Crippen molar-refractivity contribution in [3.63, 3.8) is 0 Å². The van der Waals surface area contributed by atoms with Gasteiger partial charge >= 0.3 is 0 Å². The Hall–Kier alpha value is -7.36. The average molecular weight is 700 g/mol. The Kier molecular flexibility index (Phi) is 6.34. The zero-order valence-corrected chi connectivity index (χ0v) is 29.9. The van der Waals surface area contributed by atoms with Crippen LogP contribution < -0.4 is 0 Å². The Morgan fingerprint density at radius 3 is 1.38 bits per heavy atom. The summed E-state index contributed by atoms with van der Waals surface area (Å²) in [5.74, 6) is 0. The summed E-state index contributed by atoms with van der Waals surface area (Å²) in [6.45, 7) is 0. The smallest absolute Gasteiger partial charge is 0.0562 e. The van der Waals surface area contributed by atoms with Crippen LogP contribution in [0.2, 0.25) is 0 Å². The molecule has 9 aromatic carbocycles. The third-order valence-electron chi connectivity index (χ3n) is 11.6. The quantitative estimate of drug-likeness (QED) is 0.174. The fourth-order valence-electron chi connectivity index (χ4n) is 9.13. The van der Waals surface area contributed by atoms with Gasteiger partial charge in [-0.05, 0) is 101 Å². The summed E-state index contributed by atoms with van der Waals surface area (Å²) in [4.78, 5) is 0. The zero-order chi connectivity index (χ0) is 36.0. The van der Waals surface area contributed by atoms with E-state index < -0.39 is 0 Å². The van der Waals surface area contributed by atoms with Crippen LogP contribution in [0.3, 0.4) is 0 Å². The number of benzene rings is 9. The highest BCUT2D eigenvalue weighted by molar-refractivity contribution is 6.21. The van der Waals surface area contributed by atoms with Crippen molar-refractivity contribution in [2.24, 2.45) is 0 Å². The van der Waals surface area contributed by atoms with Crippen molar-refractivity contribution >= 4 is 76.2 Å². The maximum atomic E-state index is 2.45. The summed E-state index contributed by atoms with van der Waals surface area (Å²) in [6.07, 6.45) is 0. The van der Waals surface area contributed by atoms with Gasteiger partial charge in [-0.3, -0.25) is 0 Å². The van der Waals surface area contributed by atoms with Gasteiger partial charge in [-0.15, -0.1) is 0 Å². The summed E-state index contributed by atoms with van der Waals surface area (Å²) in [5, 5.41) is 10.0. The molecule has 3 nitrogen and oxygen atoms in total. The van der Waals surface area contributed by atoms with Gasteiger partial charge in [0.15, 0.2) is 0 Å². The van der Waals surface area contributed by atoms with Crippen LogP contribution in [0.25, 0.3) is 104 Å². The molecule has 3 heterocycles. The number of para-hydroxylation sites is 4. The molecule has 12 rings (SSSR count). The van der Waals surface area contributed by atoms with Crippen molar-refractivity contribution in [1.82, 2.24) is 13.7 Å². The first-order valence-corrected chi connectivity index (χ1v) is 18.9. The second kappa shape index (κ2) is 11.6. The van der Waals surface area contributed by atoms with Crippen molar-refractivity contribution in [1.29, 1.82) is 0 Å². The SMILES string of the molecule is c1ccc(-n2c3ccccc3c3ccc(-c4cccc(-n5c6ccccc6c6cc7c8cc9ccccc9cc8n(-c8ccccc8)c7cc65)c4)cc32)cc1. The first kappa shape index (κ1) is 30.1. The highest BCUT2D eigenvalue weighted by Gasteiger charge is 2.20. The number of hydrogen-bond acceptors (Lipinski definition) is 0. The monoisotopic (exact) mass is 699 g/mol. The minimum atomic E-state index is 1.14. The second-order valence-electron chi connectivity index (χ2n) is 14.6. The second-order valence-corrected chi connectivity index (χ2v) is 14.6. The lowest BCUT2D eigenvalue weighted by molar-refractivity contribution is 1.16. The number of rotatable bonds is 4. The van der Waals surface area contributed by atoms with Crippen molar-refractivity contribution in [3.8, 4) is 28.2 Å². The van der Waals surface area contributed by atoms with Gasteiger partial charge in [0.05, 0.1) is 33.1 Å². The van der Waals surface area contributed by atoms with Gasteiger partial charge < -0.3 is 13.7 Å². The Bertz CT molecular complexity index is 3470. The molecule has 0 fully saturated rings. The molecule has 0 radical (unpaired) electrons. The van der Waals surface area contributed by atoms with Crippen molar-refractivity contribution < 1.29 is 0 Å². The van der Waals surface area contributed by atoms with Crippen LogP contribution in [0.1, 0.15) is 0 Å². The van der Waals surface area contributed by atoms with Gasteiger partial charge in [0.25, 0.3) is 0 Å². The molecule has 256 valence electrons. The van der Waals surface area contributed by atoms with Crippen LogP contribution in [0.4, 0.5) is 0 Å². The largest absolute Gasteiger partial charge is 0.309 e. The number of nitrogens with zero attached hydrogens (tertiary/aromatic N) is 3. The highest BCUT2D eigenvalue weighted by atomic mass is 15.0. The maximum Gasteiger partial charge on any atom is 0.0562 e. The number of aromatic nitrogens is 3. The van der Waals surface area contributed by atoms with Crippen LogP contribution in [0.5, 0.6) is 0 Å². The number of fused-ring (bicyclic) bond motifs is 10. The summed E-state index contributed by atoms with van der Waals surface area (Å²) >= 11 is 0. The van der Waals surface area contributed by atoms with Gasteiger partial charge in [-0.1, -0.05) is 121 Å². The van der Waals surface area contributed by atoms with Crippen LogP contribution in [-0.2, 0) is 0 Å². The highest BCUT2D eigenvalue weighted by Crippen LogP contribution is 2.41. The fourth-order valence-corrected chi connectivity index (χ4v) is 9.13. The van der Waals surface area contributed by atoms with E-state index in [9.17, 15) is 0 Å². The Balaban J connectivity index is 1.11. The molecule has 0 aliphatic heterocycles. The molecule has 12 aromatic rings. The third kappa shape index (κ3) is 4.44. The molecule has 3 heteroatoms. The molecule has 0 atom stereocenters. The van der Waals surface area contributed by atoms with E-state index in [1.165, 1.54) is 87.3 Å². The lowest BCUT2D eigenvalue weighted by Gasteiger charge is -2.12. The molecule has 0 aliphatic rings. The minimum Gasteiger partial charge on any atom is -0.309 e. The molecule has 55 heavy (non-hydrogen) atoms. The van der Waals surface area contributed by atoms with Gasteiger partial charge in [0.1, 0.15) is 0 Å². The summed E-state index contributed by atoms with van der Waals surface area (Å²) < 4.78 is 7.29. The van der Waals surface area contributed by atoms with Crippen LogP contribution in [0, 0.1) is 0 Å². The first-order chi connectivity index (χ1) is 27.3. The molecule has 0 bridgehead atoms. The van der Waals surface area contributed by atoms with E-state index in [2.05, 4.69) is 214 Å². The molecule has 0 saturated carbocycles. The summed E-state index contributed by atoms with van der Waals surface area (Å²) in [7, 11) is 0.